The van der Waals surface area contributed by atoms with E-state index in [4.69, 9.17) is 5.10 Å². The molecule has 5 rings (SSSR count). The van der Waals surface area contributed by atoms with Crippen molar-refractivity contribution < 1.29 is 4.79 Å². The number of amides is 1. The van der Waals surface area contributed by atoms with Crippen molar-refractivity contribution in [3.63, 3.8) is 0 Å². The molecule has 3 heteroatoms. The zero-order valence-corrected chi connectivity index (χ0v) is 14.7. The molecule has 0 unspecified atom stereocenters. The van der Waals surface area contributed by atoms with Gasteiger partial charge >= 0.3 is 0 Å². The van der Waals surface area contributed by atoms with Gasteiger partial charge in [0.15, 0.2) is 0 Å². The number of hydrogen-bond acceptors (Lipinski definition) is 2. The first-order chi connectivity index (χ1) is 11.2. The Morgan fingerprint density at radius 2 is 1.57 bits per heavy atom. The summed E-state index contributed by atoms with van der Waals surface area (Å²) < 4.78 is 0. The maximum absolute atomic E-state index is 12.4. The molecule has 0 aromatic rings. The molecule has 0 saturated heterocycles. The van der Waals surface area contributed by atoms with Gasteiger partial charge in [0, 0.05) is 17.0 Å². The van der Waals surface area contributed by atoms with E-state index < -0.39 is 0 Å². The van der Waals surface area contributed by atoms with Crippen molar-refractivity contribution in [2.75, 3.05) is 0 Å². The Morgan fingerprint density at radius 3 is 2.09 bits per heavy atom. The van der Waals surface area contributed by atoms with Crippen LogP contribution in [0.1, 0.15) is 84.0 Å². The zero-order chi connectivity index (χ0) is 15.9. The molecule has 0 aromatic carbocycles. The molecule has 0 atom stereocenters. The van der Waals surface area contributed by atoms with Crippen LogP contribution in [0.3, 0.4) is 0 Å². The van der Waals surface area contributed by atoms with Crippen LogP contribution in [0.25, 0.3) is 0 Å². The van der Waals surface area contributed by atoms with Crippen molar-refractivity contribution in [1.29, 1.82) is 0 Å². The van der Waals surface area contributed by atoms with Crippen LogP contribution in [0.15, 0.2) is 5.10 Å². The van der Waals surface area contributed by atoms with E-state index in [1.807, 2.05) is 0 Å². The maximum Gasteiger partial charge on any atom is 0.243 e. The highest BCUT2D eigenvalue weighted by Crippen LogP contribution is 2.60. The van der Waals surface area contributed by atoms with Crippen LogP contribution in [-0.2, 0) is 4.79 Å². The smallest absolute Gasteiger partial charge is 0.243 e. The fourth-order valence-electron chi connectivity index (χ4n) is 6.62. The Hall–Kier alpha value is -0.860. The third kappa shape index (κ3) is 2.96. The molecule has 0 spiro atoms. The van der Waals surface area contributed by atoms with Gasteiger partial charge in [0.05, 0.1) is 0 Å². The van der Waals surface area contributed by atoms with Crippen molar-refractivity contribution in [2.24, 2.45) is 34.2 Å². The Bertz CT molecular complexity index is 455. The average molecular weight is 316 g/mol. The molecule has 0 aliphatic heterocycles. The number of carbonyl (C=O) groups excluding carboxylic acids is 1. The summed E-state index contributed by atoms with van der Waals surface area (Å²) in [5.41, 5.74) is 4.62. The second-order valence-corrected chi connectivity index (χ2v) is 8.92. The van der Waals surface area contributed by atoms with Gasteiger partial charge < -0.3 is 0 Å². The minimum absolute atomic E-state index is 0.181. The summed E-state index contributed by atoms with van der Waals surface area (Å²) in [6, 6.07) is 0. The third-order valence-electron chi connectivity index (χ3n) is 7.26. The van der Waals surface area contributed by atoms with E-state index in [9.17, 15) is 4.79 Å². The molecule has 23 heavy (non-hydrogen) atoms. The Kier molecular flexibility index (Phi) is 4.23. The van der Waals surface area contributed by atoms with Gasteiger partial charge in [-0.15, -0.1) is 0 Å². The molecule has 1 amide bonds. The predicted molar refractivity (Wildman–Crippen MR) is 93.0 cm³/mol. The van der Waals surface area contributed by atoms with E-state index in [2.05, 4.69) is 12.3 Å². The number of hydrazone groups is 1. The second kappa shape index (κ2) is 6.22. The summed E-state index contributed by atoms with van der Waals surface area (Å²) in [6.45, 7) is 2.23. The van der Waals surface area contributed by atoms with Gasteiger partial charge in [-0.1, -0.05) is 26.2 Å². The SMILES string of the molecule is CCC(=NNC(=O)C1CCCCC1)C12CC3CC(CC(C3)C1)C2. The molecule has 0 radical (unpaired) electrons. The standard InChI is InChI=1S/C20H32N2O/c1-2-18(21-22-19(23)17-6-4-3-5-7-17)20-11-14-8-15(12-20)10-16(9-14)13-20/h14-17H,2-13H2,1H3,(H,22,23). The van der Waals surface area contributed by atoms with E-state index in [0.717, 1.165) is 37.0 Å². The number of nitrogens with one attached hydrogen (secondary N) is 1. The molecule has 4 bridgehead atoms. The molecule has 1 N–H and O–H groups in total. The summed E-state index contributed by atoms with van der Waals surface area (Å²) in [5.74, 6) is 3.20. The molecule has 0 heterocycles. The van der Waals surface area contributed by atoms with Crippen LogP contribution in [0.2, 0.25) is 0 Å². The highest BCUT2D eigenvalue weighted by molar-refractivity contribution is 5.91. The lowest BCUT2D eigenvalue weighted by atomic mass is 9.48. The molecule has 128 valence electrons. The summed E-state index contributed by atoms with van der Waals surface area (Å²) in [6.07, 6.45) is 15.2. The summed E-state index contributed by atoms with van der Waals surface area (Å²) in [7, 11) is 0. The van der Waals surface area contributed by atoms with Gasteiger partial charge in [-0.3, -0.25) is 4.79 Å². The Labute approximate surface area is 140 Å². The zero-order valence-electron chi connectivity index (χ0n) is 14.7. The monoisotopic (exact) mass is 316 g/mol. The van der Waals surface area contributed by atoms with Crippen molar-refractivity contribution in [3.8, 4) is 0 Å². The topological polar surface area (TPSA) is 41.5 Å². The van der Waals surface area contributed by atoms with Gasteiger partial charge in [0.2, 0.25) is 5.91 Å². The van der Waals surface area contributed by atoms with Crippen LogP contribution < -0.4 is 5.43 Å². The molecular weight excluding hydrogens is 284 g/mol. The van der Waals surface area contributed by atoms with Gasteiger partial charge in [0.25, 0.3) is 0 Å². The number of hydrogen-bond donors (Lipinski definition) is 1. The number of nitrogens with zero attached hydrogens (tertiary/aromatic N) is 1. The van der Waals surface area contributed by atoms with Gasteiger partial charge in [0.1, 0.15) is 0 Å². The van der Waals surface area contributed by atoms with E-state index >= 15 is 0 Å². The predicted octanol–water partition coefficient (Wildman–Crippen LogP) is 4.67. The van der Waals surface area contributed by atoms with E-state index in [0.29, 0.717) is 5.41 Å². The van der Waals surface area contributed by atoms with E-state index in [1.165, 1.54) is 63.5 Å². The van der Waals surface area contributed by atoms with Gasteiger partial charge in [-0.2, -0.15) is 5.10 Å². The minimum atomic E-state index is 0.181. The highest BCUT2D eigenvalue weighted by atomic mass is 16.2. The van der Waals surface area contributed by atoms with Crippen molar-refractivity contribution in [1.82, 2.24) is 5.43 Å². The van der Waals surface area contributed by atoms with Crippen LogP contribution in [0, 0.1) is 29.1 Å². The van der Waals surface area contributed by atoms with Crippen LogP contribution in [0.5, 0.6) is 0 Å². The Balaban J connectivity index is 1.46. The lowest BCUT2D eigenvalue weighted by molar-refractivity contribution is -0.125. The molecule has 3 nitrogen and oxygen atoms in total. The fourth-order valence-corrected chi connectivity index (χ4v) is 6.62. The Morgan fingerprint density at radius 1 is 1.00 bits per heavy atom. The quantitative estimate of drug-likeness (QED) is 0.594. The third-order valence-corrected chi connectivity index (χ3v) is 7.26. The van der Waals surface area contributed by atoms with Crippen LogP contribution >= 0.6 is 0 Å². The largest absolute Gasteiger partial charge is 0.273 e. The van der Waals surface area contributed by atoms with Gasteiger partial charge in [-0.05, 0) is 75.5 Å². The van der Waals surface area contributed by atoms with Gasteiger partial charge in [-0.25, -0.2) is 5.43 Å². The molecule has 5 aliphatic rings. The van der Waals surface area contributed by atoms with Crippen molar-refractivity contribution in [3.05, 3.63) is 0 Å². The fraction of sp³-hybridized carbons (Fsp3) is 0.900. The highest BCUT2D eigenvalue weighted by Gasteiger charge is 2.52. The maximum atomic E-state index is 12.4. The first-order valence-corrected chi connectivity index (χ1v) is 10.1. The molecular formula is C20H32N2O. The first-order valence-electron chi connectivity index (χ1n) is 10.1. The number of carbonyl (C=O) groups is 1. The number of rotatable bonds is 4. The molecule has 0 aromatic heterocycles. The molecule has 5 fully saturated rings. The summed E-state index contributed by atoms with van der Waals surface area (Å²) in [5, 5.41) is 4.72. The van der Waals surface area contributed by atoms with Crippen LogP contribution in [0.4, 0.5) is 0 Å². The first kappa shape index (κ1) is 15.7. The normalized spacial score (nSPS) is 40.4. The lowest BCUT2D eigenvalue weighted by Gasteiger charge is -2.57. The van der Waals surface area contributed by atoms with E-state index in [-0.39, 0.29) is 11.8 Å². The summed E-state index contributed by atoms with van der Waals surface area (Å²) in [4.78, 5) is 12.4. The minimum Gasteiger partial charge on any atom is -0.273 e. The van der Waals surface area contributed by atoms with Crippen LogP contribution in [-0.4, -0.2) is 11.6 Å². The van der Waals surface area contributed by atoms with Crippen molar-refractivity contribution >= 4 is 11.6 Å². The average Bonchev–Trinajstić information content (AvgIpc) is 2.54. The van der Waals surface area contributed by atoms with E-state index in [1.54, 1.807) is 0 Å². The van der Waals surface area contributed by atoms with Crippen molar-refractivity contribution in [2.45, 2.75) is 84.0 Å². The molecule has 5 saturated carbocycles. The lowest BCUT2D eigenvalue weighted by Crippen LogP contribution is -2.50. The molecule has 5 aliphatic carbocycles. The second-order valence-electron chi connectivity index (χ2n) is 8.92. The summed E-state index contributed by atoms with van der Waals surface area (Å²) >= 11 is 0.